The molecule has 2 unspecified atom stereocenters. The van der Waals surface area contributed by atoms with Crippen molar-refractivity contribution in [3.63, 3.8) is 0 Å². The van der Waals surface area contributed by atoms with Gasteiger partial charge in [-0.05, 0) is 31.6 Å². The Labute approximate surface area is 568 Å². The standard InChI is InChI=1S/C74H144O17P2/c1-6-9-12-15-17-19-21-23-32-35-39-43-48-53-58-72(77)85-64-70(91-74(79)60-55-50-45-41-37-33-29-27-25-24-26-28-31-34-38-42-47-51-56-67(4)5)66-89-93(82,83)87-62-68(75)61-86-92(80,81)88-65-69(63-84-71(76)57-52-46-14-11-8-3)90-73(78)59-54-49-44-40-36-30-22-20-18-16-13-10-7-2/h67-70,75H,6-66H2,1-5H3,(H,80,81)(H,82,83)/t68-,69+,70+/m0/s1. The summed E-state index contributed by atoms with van der Waals surface area (Å²) in [5.74, 6) is -1.31. The summed E-state index contributed by atoms with van der Waals surface area (Å²) < 4.78 is 68.2. The number of ether oxygens (including phenoxy) is 4. The highest BCUT2D eigenvalue weighted by molar-refractivity contribution is 7.47. The highest BCUT2D eigenvalue weighted by atomic mass is 31.2. The molecular formula is C74H144O17P2. The van der Waals surface area contributed by atoms with E-state index in [1.165, 1.54) is 205 Å². The highest BCUT2D eigenvalue weighted by Gasteiger charge is 2.30. The van der Waals surface area contributed by atoms with Gasteiger partial charge in [-0.1, -0.05) is 336 Å². The number of phosphoric acid groups is 2. The molecule has 0 fully saturated rings. The lowest BCUT2D eigenvalue weighted by Gasteiger charge is -2.21. The largest absolute Gasteiger partial charge is 0.472 e. The maximum absolute atomic E-state index is 13.1. The third-order valence-electron chi connectivity index (χ3n) is 17.3. The molecule has 17 nitrogen and oxygen atoms in total. The number of unbranched alkanes of at least 4 members (excludes halogenated alkanes) is 46. The highest BCUT2D eigenvalue weighted by Crippen LogP contribution is 2.45. The van der Waals surface area contributed by atoms with Crippen LogP contribution in [0.1, 0.15) is 388 Å². The molecule has 5 atom stereocenters. The maximum atomic E-state index is 13.1. The smallest absolute Gasteiger partial charge is 0.462 e. The minimum absolute atomic E-state index is 0.107. The van der Waals surface area contributed by atoms with Crippen LogP contribution < -0.4 is 0 Å². The molecule has 0 aromatic heterocycles. The van der Waals surface area contributed by atoms with Gasteiger partial charge in [-0.15, -0.1) is 0 Å². The zero-order chi connectivity index (χ0) is 68.4. The Morgan fingerprint density at radius 3 is 0.731 bits per heavy atom. The van der Waals surface area contributed by atoms with Crippen molar-refractivity contribution in [3.05, 3.63) is 0 Å². The van der Waals surface area contributed by atoms with Gasteiger partial charge in [-0.25, -0.2) is 9.13 Å². The van der Waals surface area contributed by atoms with Crippen LogP contribution in [0.25, 0.3) is 0 Å². The van der Waals surface area contributed by atoms with Crippen molar-refractivity contribution in [2.24, 2.45) is 5.92 Å². The zero-order valence-electron chi connectivity index (χ0n) is 60.4. The van der Waals surface area contributed by atoms with Gasteiger partial charge in [0.2, 0.25) is 0 Å². The minimum atomic E-state index is -4.95. The molecule has 0 amide bonds. The third-order valence-corrected chi connectivity index (χ3v) is 19.2. The lowest BCUT2D eigenvalue weighted by Crippen LogP contribution is -2.30. The molecule has 552 valence electrons. The Morgan fingerprint density at radius 1 is 0.290 bits per heavy atom. The van der Waals surface area contributed by atoms with Crippen LogP contribution in [0.3, 0.4) is 0 Å². The second-order valence-electron chi connectivity index (χ2n) is 27.2. The number of carbonyl (C=O) groups is 4. The van der Waals surface area contributed by atoms with Crippen LogP contribution in [-0.2, 0) is 65.4 Å². The fourth-order valence-electron chi connectivity index (χ4n) is 11.4. The Balaban J connectivity index is 5.11. The van der Waals surface area contributed by atoms with Crippen LogP contribution in [0.4, 0.5) is 0 Å². The van der Waals surface area contributed by atoms with Crippen molar-refractivity contribution in [1.82, 2.24) is 0 Å². The molecule has 0 aromatic carbocycles. The Kier molecular flexibility index (Phi) is 65.9. The maximum Gasteiger partial charge on any atom is 0.472 e. The van der Waals surface area contributed by atoms with Crippen molar-refractivity contribution in [1.29, 1.82) is 0 Å². The van der Waals surface area contributed by atoms with Crippen LogP contribution in [0.15, 0.2) is 0 Å². The molecular weight excluding hydrogens is 1220 g/mol. The average molecular weight is 1370 g/mol. The normalized spacial score (nSPS) is 14.0. The van der Waals surface area contributed by atoms with Crippen LogP contribution in [0.2, 0.25) is 0 Å². The Morgan fingerprint density at radius 2 is 0.495 bits per heavy atom. The first-order valence-corrected chi connectivity index (χ1v) is 41.6. The van der Waals surface area contributed by atoms with E-state index in [-0.39, 0.29) is 25.7 Å². The zero-order valence-corrected chi connectivity index (χ0v) is 62.2. The first-order chi connectivity index (χ1) is 45.0. The number of esters is 4. The number of phosphoric ester groups is 2. The van der Waals surface area contributed by atoms with E-state index in [9.17, 15) is 43.2 Å². The average Bonchev–Trinajstić information content (AvgIpc) is 1.92. The van der Waals surface area contributed by atoms with Crippen LogP contribution in [0, 0.1) is 5.92 Å². The molecule has 0 spiro atoms. The van der Waals surface area contributed by atoms with Crippen LogP contribution >= 0.6 is 15.6 Å². The second kappa shape index (κ2) is 67.3. The van der Waals surface area contributed by atoms with Gasteiger partial charge in [0, 0.05) is 25.7 Å². The van der Waals surface area contributed by atoms with Crippen molar-refractivity contribution < 1.29 is 80.2 Å². The van der Waals surface area contributed by atoms with Crippen molar-refractivity contribution >= 4 is 39.5 Å². The molecule has 0 aliphatic heterocycles. The van der Waals surface area contributed by atoms with Gasteiger partial charge in [-0.2, -0.15) is 0 Å². The van der Waals surface area contributed by atoms with E-state index in [1.807, 2.05) is 0 Å². The predicted molar refractivity (Wildman–Crippen MR) is 377 cm³/mol. The quantitative estimate of drug-likeness (QED) is 0.0222. The van der Waals surface area contributed by atoms with E-state index in [4.69, 9.17) is 37.0 Å². The number of rotatable bonds is 74. The van der Waals surface area contributed by atoms with E-state index >= 15 is 0 Å². The molecule has 19 heteroatoms. The summed E-state index contributed by atoms with van der Waals surface area (Å²) >= 11 is 0. The molecule has 0 saturated heterocycles. The molecule has 0 radical (unpaired) electrons. The van der Waals surface area contributed by atoms with Gasteiger partial charge in [0.1, 0.15) is 19.3 Å². The Hall–Kier alpha value is -1.94. The van der Waals surface area contributed by atoms with Crippen LogP contribution in [-0.4, -0.2) is 96.7 Å². The number of hydrogen-bond acceptors (Lipinski definition) is 15. The van der Waals surface area contributed by atoms with Crippen molar-refractivity contribution in [2.45, 2.75) is 406 Å². The fraction of sp³-hybridized carbons (Fsp3) is 0.946. The number of aliphatic hydroxyl groups is 1. The molecule has 0 aromatic rings. The van der Waals surface area contributed by atoms with Crippen LogP contribution in [0.5, 0.6) is 0 Å². The number of carbonyl (C=O) groups excluding carboxylic acids is 4. The lowest BCUT2D eigenvalue weighted by molar-refractivity contribution is -0.161. The number of aliphatic hydroxyl groups excluding tert-OH is 1. The molecule has 93 heavy (non-hydrogen) atoms. The summed E-state index contributed by atoms with van der Waals surface area (Å²) in [7, 11) is -9.89. The predicted octanol–water partition coefficient (Wildman–Crippen LogP) is 21.7. The van der Waals surface area contributed by atoms with Gasteiger partial charge in [0.05, 0.1) is 26.4 Å². The summed E-state index contributed by atoms with van der Waals surface area (Å²) in [5, 5.41) is 10.6. The third kappa shape index (κ3) is 68.4. The molecule has 0 aliphatic rings. The monoisotopic (exact) mass is 1370 g/mol. The van der Waals surface area contributed by atoms with Crippen molar-refractivity contribution in [2.75, 3.05) is 39.6 Å². The van der Waals surface area contributed by atoms with E-state index < -0.39 is 97.5 Å². The lowest BCUT2D eigenvalue weighted by atomic mass is 10.0. The van der Waals surface area contributed by atoms with Gasteiger partial charge in [0.25, 0.3) is 0 Å². The molecule has 0 heterocycles. The fourth-order valence-corrected chi connectivity index (χ4v) is 12.9. The summed E-state index contributed by atoms with van der Waals surface area (Å²) in [6, 6.07) is 0. The van der Waals surface area contributed by atoms with Crippen molar-refractivity contribution in [3.8, 4) is 0 Å². The van der Waals surface area contributed by atoms with E-state index in [1.54, 1.807) is 0 Å². The summed E-state index contributed by atoms with van der Waals surface area (Å²) in [6.45, 7) is 7.23. The first-order valence-electron chi connectivity index (χ1n) is 38.6. The molecule has 0 saturated carbocycles. The summed E-state index contributed by atoms with van der Waals surface area (Å²) in [5.41, 5.74) is 0. The minimum Gasteiger partial charge on any atom is -0.462 e. The topological polar surface area (TPSA) is 237 Å². The Bertz CT molecular complexity index is 1790. The van der Waals surface area contributed by atoms with Gasteiger partial charge >= 0.3 is 39.5 Å². The van der Waals surface area contributed by atoms with Gasteiger partial charge in [0.15, 0.2) is 12.2 Å². The second-order valence-corrected chi connectivity index (χ2v) is 30.1. The van der Waals surface area contributed by atoms with E-state index in [0.29, 0.717) is 25.7 Å². The molecule has 3 N–H and O–H groups in total. The van der Waals surface area contributed by atoms with Gasteiger partial charge < -0.3 is 33.8 Å². The number of hydrogen-bond donors (Lipinski definition) is 3. The molecule has 0 aliphatic carbocycles. The molecule has 0 rings (SSSR count). The van der Waals surface area contributed by atoms with E-state index in [2.05, 4.69) is 34.6 Å². The molecule has 0 bridgehead atoms. The van der Waals surface area contributed by atoms with E-state index in [0.717, 1.165) is 102 Å². The summed E-state index contributed by atoms with van der Waals surface area (Å²) in [6.07, 6.45) is 55.9. The van der Waals surface area contributed by atoms with Gasteiger partial charge in [-0.3, -0.25) is 37.3 Å². The summed E-state index contributed by atoms with van der Waals surface area (Å²) in [4.78, 5) is 72.4. The first kappa shape index (κ1) is 91.1. The SMILES string of the molecule is CCCCCCCCCCCCCCCCC(=O)OC[C@H](COP(=O)(O)OC[C@@H](O)COP(=O)(O)OC[C@@H](COC(=O)CCCCCCC)OC(=O)CCCCCCCCCCCCCCC)OC(=O)CCCCCCCCCCCCCCCCCCCCC(C)C.